The molecule has 1 aliphatic rings. The minimum atomic E-state index is -3.63. The number of carbonyl (C=O) groups excluding carboxylic acids is 1. The quantitative estimate of drug-likeness (QED) is 0.676. The predicted octanol–water partition coefficient (Wildman–Crippen LogP) is 2.33. The van der Waals surface area contributed by atoms with Crippen LogP contribution in [0.25, 0.3) is 0 Å². The van der Waals surface area contributed by atoms with Crippen molar-refractivity contribution >= 4 is 15.9 Å². The lowest BCUT2D eigenvalue weighted by Gasteiger charge is -2.38. The molecule has 7 nitrogen and oxygen atoms in total. The van der Waals surface area contributed by atoms with E-state index in [0.717, 1.165) is 0 Å². The first-order valence-electron chi connectivity index (χ1n) is 10.2. The Morgan fingerprint density at radius 3 is 2.24 bits per heavy atom. The first-order chi connectivity index (χ1) is 13.7. The van der Waals surface area contributed by atoms with Gasteiger partial charge in [0.2, 0.25) is 10.0 Å². The SMILES string of the molecule is CCN(CC)S(=O)(=O)c1cc(C(=O)N2CCN(C(C#N)C(C)C)CC2)ccc1C. The van der Waals surface area contributed by atoms with Gasteiger partial charge in [0.1, 0.15) is 6.04 Å². The van der Waals surface area contributed by atoms with E-state index in [1.54, 1.807) is 37.8 Å². The Kier molecular flexibility index (Phi) is 7.80. The van der Waals surface area contributed by atoms with E-state index in [-0.39, 0.29) is 22.8 Å². The van der Waals surface area contributed by atoms with Crippen molar-refractivity contribution in [2.45, 2.75) is 45.6 Å². The molecule has 0 spiro atoms. The Morgan fingerprint density at radius 1 is 1.17 bits per heavy atom. The van der Waals surface area contributed by atoms with Crippen molar-refractivity contribution in [2.24, 2.45) is 5.92 Å². The topological polar surface area (TPSA) is 84.7 Å². The van der Waals surface area contributed by atoms with Crippen molar-refractivity contribution < 1.29 is 13.2 Å². The maximum absolute atomic E-state index is 13.0. The van der Waals surface area contributed by atoms with Gasteiger partial charge in [0.25, 0.3) is 5.91 Å². The van der Waals surface area contributed by atoms with Gasteiger partial charge in [0.05, 0.1) is 11.0 Å². The molecule has 2 rings (SSSR count). The molecule has 0 saturated carbocycles. The van der Waals surface area contributed by atoms with Crippen molar-refractivity contribution in [2.75, 3.05) is 39.3 Å². The molecule has 1 saturated heterocycles. The molecule has 1 fully saturated rings. The average molecular weight is 421 g/mol. The lowest BCUT2D eigenvalue weighted by Crippen LogP contribution is -2.52. The summed E-state index contributed by atoms with van der Waals surface area (Å²) in [6, 6.07) is 7.09. The molecule has 1 aliphatic heterocycles. The molecular weight excluding hydrogens is 388 g/mol. The van der Waals surface area contributed by atoms with Crippen LogP contribution < -0.4 is 0 Å². The molecule has 1 aromatic carbocycles. The molecule has 1 atom stereocenters. The maximum Gasteiger partial charge on any atom is 0.253 e. The molecule has 1 amide bonds. The number of hydrogen-bond donors (Lipinski definition) is 0. The second kappa shape index (κ2) is 9.70. The highest BCUT2D eigenvalue weighted by atomic mass is 32.2. The Hall–Kier alpha value is -1.95. The monoisotopic (exact) mass is 420 g/mol. The van der Waals surface area contributed by atoms with Crippen molar-refractivity contribution in [3.63, 3.8) is 0 Å². The van der Waals surface area contributed by atoms with E-state index in [1.165, 1.54) is 10.4 Å². The second-order valence-corrected chi connectivity index (χ2v) is 9.62. The molecule has 1 heterocycles. The van der Waals surface area contributed by atoms with Crippen LogP contribution in [0.4, 0.5) is 0 Å². The first kappa shape index (κ1) is 23.3. The van der Waals surface area contributed by atoms with Crippen LogP contribution in [0.1, 0.15) is 43.6 Å². The summed E-state index contributed by atoms with van der Waals surface area (Å²) >= 11 is 0. The van der Waals surface area contributed by atoms with Gasteiger partial charge in [-0.25, -0.2) is 8.42 Å². The van der Waals surface area contributed by atoms with E-state index in [2.05, 4.69) is 11.0 Å². The fourth-order valence-electron chi connectivity index (χ4n) is 3.75. The van der Waals surface area contributed by atoms with Gasteiger partial charge in [0.15, 0.2) is 0 Å². The number of nitrogens with zero attached hydrogens (tertiary/aromatic N) is 4. The minimum Gasteiger partial charge on any atom is -0.336 e. The normalized spacial score (nSPS) is 16.8. The number of carbonyl (C=O) groups is 1. The number of aryl methyl sites for hydroxylation is 1. The van der Waals surface area contributed by atoms with Crippen molar-refractivity contribution in [1.82, 2.24) is 14.1 Å². The van der Waals surface area contributed by atoms with E-state index < -0.39 is 10.0 Å². The van der Waals surface area contributed by atoms with Crippen LogP contribution in [0.15, 0.2) is 23.1 Å². The van der Waals surface area contributed by atoms with Gasteiger partial charge >= 0.3 is 0 Å². The molecule has 1 aromatic rings. The summed E-state index contributed by atoms with van der Waals surface area (Å²) in [7, 11) is -3.63. The van der Waals surface area contributed by atoms with Crippen molar-refractivity contribution in [3.05, 3.63) is 29.3 Å². The number of rotatable bonds is 7. The van der Waals surface area contributed by atoms with E-state index >= 15 is 0 Å². The highest BCUT2D eigenvalue weighted by Gasteiger charge is 2.29. The molecule has 160 valence electrons. The van der Waals surface area contributed by atoms with E-state index in [0.29, 0.717) is 50.4 Å². The predicted molar refractivity (Wildman–Crippen MR) is 113 cm³/mol. The molecule has 8 heteroatoms. The largest absolute Gasteiger partial charge is 0.336 e. The fraction of sp³-hybridized carbons (Fsp3) is 0.619. The number of piperazine rings is 1. The molecular formula is C21H32N4O3S. The first-order valence-corrected chi connectivity index (χ1v) is 11.6. The second-order valence-electron chi connectivity index (χ2n) is 7.72. The number of sulfonamides is 1. The third-order valence-corrected chi connectivity index (χ3v) is 7.71. The molecule has 0 aromatic heterocycles. The molecule has 1 unspecified atom stereocenters. The zero-order chi connectivity index (χ0) is 21.8. The van der Waals surface area contributed by atoms with Crippen LogP contribution in [0.3, 0.4) is 0 Å². The molecule has 0 bridgehead atoms. The van der Waals surface area contributed by atoms with E-state index in [9.17, 15) is 18.5 Å². The zero-order valence-corrected chi connectivity index (χ0v) is 18.9. The number of nitriles is 1. The van der Waals surface area contributed by atoms with Crippen LogP contribution in [0.5, 0.6) is 0 Å². The summed E-state index contributed by atoms with van der Waals surface area (Å²) in [4.78, 5) is 17.1. The van der Waals surface area contributed by atoms with E-state index in [1.807, 2.05) is 13.8 Å². The summed E-state index contributed by atoms with van der Waals surface area (Å²) in [5, 5.41) is 9.39. The Bertz CT molecular complexity index is 864. The fourth-order valence-corrected chi connectivity index (χ4v) is 5.46. The van der Waals surface area contributed by atoms with Crippen LogP contribution in [-0.4, -0.2) is 73.7 Å². The van der Waals surface area contributed by atoms with Crippen LogP contribution in [0, 0.1) is 24.2 Å². The third kappa shape index (κ3) is 4.97. The summed E-state index contributed by atoms with van der Waals surface area (Å²) in [5.41, 5.74) is 1.02. The molecule has 0 radical (unpaired) electrons. The van der Waals surface area contributed by atoms with Gasteiger partial charge < -0.3 is 4.90 Å². The summed E-state index contributed by atoms with van der Waals surface area (Å²) < 4.78 is 27.3. The average Bonchev–Trinajstić information content (AvgIpc) is 2.69. The Labute approximate surface area is 174 Å². The summed E-state index contributed by atoms with van der Waals surface area (Å²) in [6.07, 6.45) is 0. The van der Waals surface area contributed by atoms with Crippen molar-refractivity contribution in [3.8, 4) is 6.07 Å². The highest BCUT2D eigenvalue weighted by molar-refractivity contribution is 7.89. The zero-order valence-electron chi connectivity index (χ0n) is 18.1. The smallest absolute Gasteiger partial charge is 0.253 e. The minimum absolute atomic E-state index is 0.155. The van der Waals surface area contributed by atoms with Crippen LogP contribution in [-0.2, 0) is 10.0 Å². The summed E-state index contributed by atoms with van der Waals surface area (Å²) in [5.74, 6) is 0.0610. The Morgan fingerprint density at radius 2 is 1.76 bits per heavy atom. The molecule has 0 N–H and O–H groups in total. The lowest BCUT2D eigenvalue weighted by atomic mass is 10.0. The lowest BCUT2D eigenvalue weighted by molar-refractivity contribution is 0.0576. The standard InChI is InChI=1S/C21H32N4O3S/c1-6-25(7-2)29(27,28)20-14-18(9-8-17(20)5)21(26)24-12-10-23(11-13-24)19(15-22)16(3)4/h8-9,14,16,19H,6-7,10-13H2,1-5H3. The Balaban J connectivity index is 2.20. The van der Waals surface area contributed by atoms with Gasteiger partial charge in [-0.05, 0) is 30.5 Å². The van der Waals surface area contributed by atoms with Crippen molar-refractivity contribution in [1.29, 1.82) is 5.26 Å². The van der Waals surface area contributed by atoms with Gasteiger partial charge in [-0.2, -0.15) is 9.57 Å². The van der Waals surface area contributed by atoms with Gasteiger partial charge in [-0.1, -0.05) is 33.8 Å². The number of hydrogen-bond acceptors (Lipinski definition) is 5. The molecule has 29 heavy (non-hydrogen) atoms. The van der Waals surface area contributed by atoms with E-state index in [4.69, 9.17) is 0 Å². The number of amides is 1. The van der Waals surface area contributed by atoms with Gasteiger partial charge in [-0.3, -0.25) is 9.69 Å². The third-order valence-electron chi connectivity index (χ3n) is 5.52. The summed E-state index contributed by atoms with van der Waals surface area (Å²) in [6.45, 7) is 12.5. The van der Waals surface area contributed by atoms with Gasteiger partial charge in [0, 0.05) is 44.8 Å². The van der Waals surface area contributed by atoms with Gasteiger partial charge in [-0.15, -0.1) is 0 Å². The highest BCUT2D eigenvalue weighted by Crippen LogP contribution is 2.23. The van der Waals surface area contributed by atoms with Crippen LogP contribution >= 0.6 is 0 Å². The van der Waals surface area contributed by atoms with Crippen LogP contribution in [0.2, 0.25) is 0 Å². The molecule has 0 aliphatic carbocycles. The maximum atomic E-state index is 13.0. The number of benzene rings is 1.